The number of allylic oxidation sites excluding steroid dienone is 4. The van der Waals surface area contributed by atoms with Crippen LogP contribution in [-0.4, -0.2) is 0 Å². The first-order valence-electron chi connectivity index (χ1n) is 17.7. The largest absolute Gasteiger partial charge is 0.207 e. The summed E-state index contributed by atoms with van der Waals surface area (Å²) in [4.78, 5) is 0. The van der Waals surface area contributed by atoms with Gasteiger partial charge in [-0.15, -0.1) is 0 Å². The van der Waals surface area contributed by atoms with Gasteiger partial charge in [0.2, 0.25) is 0 Å². The molecule has 0 heterocycles. The average Bonchev–Trinajstić information content (AvgIpc) is 3.79. The molecule has 0 saturated heterocycles. The molecule has 4 atom stereocenters. The van der Waals surface area contributed by atoms with Crippen LogP contribution in [0.4, 0.5) is 8.78 Å². The molecule has 0 spiro atoms. The van der Waals surface area contributed by atoms with Crippen molar-refractivity contribution < 1.29 is 8.78 Å². The summed E-state index contributed by atoms with van der Waals surface area (Å²) < 4.78 is 28.9. The van der Waals surface area contributed by atoms with Crippen LogP contribution in [-0.2, 0) is 0 Å². The Morgan fingerprint density at radius 2 is 0.733 bits per heavy atom. The zero-order chi connectivity index (χ0) is 42.8. The Kier molecular flexibility index (Phi) is 9.95. The molecular formula is C48H18F2N10. The molecule has 10 nitrogen and oxygen atoms in total. The predicted molar refractivity (Wildman–Crippen MR) is 207 cm³/mol. The summed E-state index contributed by atoms with van der Waals surface area (Å²) in [5, 5.41) is 106. The van der Waals surface area contributed by atoms with Crippen LogP contribution in [0.2, 0.25) is 0 Å². The van der Waals surface area contributed by atoms with Crippen molar-refractivity contribution in [1.29, 1.82) is 52.6 Å². The Balaban J connectivity index is 1.69. The van der Waals surface area contributed by atoms with Crippen molar-refractivity contribution in [2.24, 2.45) is 0 Å². The SMILES string of the molecule is N#CC1=C(c2ccc(F)cc2)C(C(C#N)c2cc(C#N)cc(C#N)c2)c2c(C#N)c3c(c(C#N)c21)C(C#N)=C(c1ccc(F)cc1)C3C(C#N)c1cc(C#N)cc(C#N)c1. The summed E-state index contributed by atoms with van der Waals surface area (Å²) in [5.41, 5.74) is 0.158. The fourth-order valence-electron chi connectivity index (χ4n) is 8.44. The van der Waals surface area contributed by atoms with Crippen LogP contribution in [0.1, 0.15) is 102 Å². The fourth-order valence-corrected chi connectivity index (χ4v) is 8.44. The van der Waals surface area contributed by atoms with Crippen LogP contribution in [0.3, 0.4) is 0 Å². The standard InChI is InChI=1S/C48H18F2N10/c49-33-5-1-29(2-6-33)41-37(21-57)43-39(23-59)44-38(22-58)42(30-3-7-34(50)8-4-30)46(36(20-56)32-13-27(17-53)10-28(14-32)18-54)48(44)40(24-60)47(43)45(41)35(19-55)31-11-25(15-51)9-26(12-31)16-52/h1-14,35-36,45-46H. The first-order chi connectivity index (χ1) is 29.1. The molecule has 4 unspecified atom stereocenters. The van der Waals surface area contributed by atoms with E-state index in [4.69, 9.17) is 0 Å². The van der Waals surface area contributed by atoms with Crippen molar-refractivity contribution >= 4 is 22.3 Å². The van der Waals surface area contributed by atoms with Gasteiger partial charge in [0.25, 0.3) is 0 Å². The molecule has 274 valence electrons. The second-order valence-corrected chi connectivity index (χ2v) is 13.7. The maximum Gasteiger partial charge on any atom is 0.123 e. The van der Waals surface area contributed by atoms with E-state index in [0.29, 0.717) is 0 Å². The maximum atomic E-state index is 14.4. The molecule has 0 radical (unpaired) electrons. The highest BCUT2D eigenvalue weighted by Crippen LogP contribution is 2.62. The first kappa shape index (κ1) is 38.6. The van der Waals surface area contributed by atoms with Crippen LogP contribution < -0.4 is 0 Å². The first-order valence-corrected chi connectivity index (χ1v) is 17.7. The molecule has 5 aromatic rings. The van der Waals surface area contributed by atoms with Gasteiger partial charge in [-0.05, 0) is 105 Å². The number of fused-ring (bicyclic) bond motifs is 2. The monoisotopic (exact) mass is 772 g/mol. The lowest BCUT2D eigenvalue weighted by molar-refractivity contribution is 0.627. The van der Waals surface area contributed by atoms with E-state index < -0.39 is 35.3 Å². The molecule has 12 heteroatoms. The second kappa shape index (κ2) is 15.5. The Hall–Kier alpha value is -9.66. The smallest absolute Gasteiger partial charge is 0.123 e. The lowest BCUT2D eigenvalue weighted by Crippen LogP contribution is -2.17. The molecule has 2 aliphatic carbocycles. The molecule has 7 rings (SSSR count). The van der Waals surface area contributed by atoms with Gasteiger partial charge in [0, 0.05) is 23.0 Å². The van der Waals surface area contributed by atoms with E-state index in [0.717, 1.165) is 24.3 Å². The Bertz CT molecular complexity index is 2980. The summed E-state index contributed by atoms with van der Waals surface area (Å²) in [6, 6.07) is 39.1. The minimum Gasteiger partial charge on any atom is -0.207 e. The quantitative estimate of drug-likeness (QED) is 0.159. The average molecular weight is 773 g/mol. The minimum absolute atomic E-state index is 0.00100. The van der Waals surface area contributed by atoms with E-state index in [1.165, 1.54) is 60.7 Å². The third kappa shape index (κ3) is 6.00. The van der Waals surface area contributed by atoms with E-state index in [2.05, 4.69) is 36.4 Å². The van der Waals surface area contributed by atoms with Gasteiger partial charge in [-0.25, -0.2) is 8.78 Å². The Labute approximate surface area is 341 Å². The topological polar surface area (TPSA) is 238 Å². The van der Waals surface area contributed by atoms with Crippen molar-refractivity contribution in [3.05, 3.63) is 174 Å². The van der Waals surface area contributed by atoms with E-state index in [1.54, 1.807) is 0 Å². The van der Waals surface area contributed by atoms with E-state index in [1.807, 2.05) is 24.3 Å². The number of hydrogen-bond donors (Lipinski definition) is 0. The zero-order valence-electron chi connectivity index (χ0n) is 30.6. The molecule has 0 fully saturated rings. The highest BCUT2D eigenvalue weighted by Gasteiger charge is 2.49. The van der Waals surface area contributed by atoms with Gasteiger partial charge >= 0.3 is 0 Å². The molecule has 2 aliphatic rings. The summed E-state index contributed by atoms with van der Waals surface area (Å²) in [5.74, 6) is -6.62. The number of nitrogens with zero attached hydrogens (tertiary/aromatic N) is 10. The molecule has 0 saturated carbocycles. The normalized spacial score (nSPS) is 15.4. The van der Waals surface area contributed by atoms with Gasteiger partial charge in [0.15, 0.2) is 0 Å². The summed E-state index contributed by atoms with van der Waals surface area (Å²) in [7, 11) is 0. The highest BCUT2D eigenvalue weighted by atomic mass is 19.1. The zero-order valence-corrected chi connectivity index (χ0v) is 30.6. The third-order valence-corrected chi connectivity index (χ3v) is 10.7. The molecule has 5 aromatic carbocycles. The summed E-state index contributed by atoms with van der Waals surface area (Å²) in [6.45, 7) is 0. The lowest BCUT2D eigenvalue weighted by atomic mass is 9.71. The molecule has 60 heavy (non-hydrogen) atoms. The van der Waals surface area contributed by atoms with Crippen molar-refractivity contribution in [2.45, 2.75) is 23.7 Å². The number of benzene rings is 5. The number of rotatable bonds is 6. The third-order valence-electron chi connectivity index (χ3n) is 10.7. The molecule has 0 bridgehead atoms. The van der Waals surface area contributed by atoms with E-state index in [9.17, 15) is 61.4 Å². The van der Waals surface area contributed by atoms with Crippen LogP contribution in [0.25, 0.3) is 22.3 Å². The molecule has 0 N–H and O–H groups in total. The second-order valence-electron chi connectivity index (χ2n) is 13.7. The van der Waals surface area contributed by atoms with Crippen LogP contribution >= 0.6 is 0 Å². The van der Waals surface area contributed by atoms with Crippen molar-refractivity contribution in [2.75, 3.05) is 0 Å². The van der Waals surface area contributed by atoms with Crippen LogP contribution in [0.5, 0.6) is 0 Å². The van der Waals surface area contributed by atoms with Crippen LogP contribution in [0, 0.1) is 125 Å². The van der Waals surface area contributed by atoms with Gasteiger partial charge < -0.3 is 0 Å². The summed E-state index contributed by atoms with van der Waals surface area (Å²) >= 11 is 0. The van der Waals surface area contributed by atoms with Gasteiger partial charge in [0.05, 0.1) is 98.8 Å². The molecular weight excluding hydrogens is 755 g/mol. The van der Waals surface area contributed by atoms with Crippen molar-refractivity contribution in [3.8, 4) is 60.7 Å². The molecule has 0 aromatic heterocycles. The molecule has 0 aliphatic heterocycles. The van der Waals surface area contributed by atoms with E-state index in [-0.39, 0.29) is 100 Å². The number of hydrogen-bond acceptors (Lipinski definition) is 10. The maximum absolute atomic E-state index is 14.4. The Morgan fingerprint density at radius 1 is 0.400 bits per heavy atom. The highest BCUT2D eigenvalue weighted by molar-refractivity contribution is 6.13. The van der Waals surface area contributed by atoms with Gasteiger partial charge in [-0.2, -0.15) is 52.6 Å². The van der Waals surface area contributed by atoms with Gasteiger partial charge in [-0.3, -0.25) is 0 Å². The fraction of sp³-hybridized carbons (Fsp3) is 0.0833. The van der Waals surface area contributed by atoms with Crippen molar-refractivity contribution in [1.82, 2.24) is 0 Å². The molecule has 0 amide bonds. The Morgan fingerprint density at radius 3 is 1.00 bits per heavy atom. The van der Waals surface area contributed by atoms with E-state index >= 15 is 0 Å². The lowest BCUT2D eigenvalue weighted by Gasteiger charge is -2.28. The minimum atomic E-state index is -1.37. The number of nitriles is 10. The number of halogens is 2. The van der Waals surface area contributed by atoms with Gasteiger partial charge in [-0.1, -0.05) is 24.3 Å². The van der Waals surface area contributed by atoms with Gasteiger partial charge in [0.1, 0.15) is 29.8 Å². The summed E-state index contributed by atoms with van der Waals surface area (Å²) in [6.07, 6.45) is 0. The van der Waals surface area contributed by atoms with Crippen molar-refractivity contribution in [3.63, 3.8) is 0 Å². The van der Waals surface area contributed by atoms with Crippen LogP contribution in [0.15, 0.2) is 84.9 Å². The predicted octanol–water partition coefficient (Wildman–Crippen LogP) is 8.87.